The second kappa shape index (κ2) is 3.70. The summed E-state index contributed by atoms with van der Waals surface area (Å²) in [6.45, 7) is 4.13. The first-order valence-electron chi connectivity index (χ1n) is 5.53. The van der Waals surface area contributed by atoms with Gasteiger partial charge in [0.05, 0.1) is 0 Å². The van der Waals surface area contributed by atoms with E-state index in [2.05, 4.69) is 29.9 Å². The zero-order valence-electron chi connectivity index (χ0n) is 9.77. The van der Waals surface area contributed by atoms with E-state index < -0.39 is 0 Å². The maximum atomic E-state index is 5.83. The number of aryl methyl sites for hydroxylation is 2. The smallest absolute Gasteiger partial charge is 0.227 e. The normalized spacial score (nSPS) is 10.9. The fraction of sp³-hybridized carbons (Fsp3) is 0.143. The van der Waals surface area contributed by atoms with Crippen LogP contribution < -0.4 is 0 Å². The summed E-state index contributed by atoms with van der Waals surface area (Å²) >= 11 is 0. The van der Waals surface area contributed by atoms with Gasteiger partial charge in [-0.2, -0.15) is 0 Å². The molecule has 1 aromatic carbocycles. The van der Waals surface area contributed by atoms with Gasteiger partial charge in [0, 0.05) is 18.0 Å². The van der Waals surface area contributed by atoms with Gasteiger partial charge in [0.15, 0.2) is 5.58 Å². The van der Waals surface area contributed by atoms with Crippen LogP contribution in [0.3, 0.4) is 0 Å². The average Bonchev–Trinajstić information content (AvgIpc) is 2.80. The van der Waals surface area contributed by atoms with E-state index in [4.69, 9.17) is 4.42 Å². The molecule has 3 rings (SSSR count). The molecule has 0 saturated heterocycles. The highest BCUT2D eigenvalue weighted by Gasteiger charge is 2.10. The van der Waals surface area contributed by atoms with E-state index >= 15 is 0 Å². The van der Waals surface area contributed by atoms with Gasteiger partial charge in [-0.3, -0.25) is 4.98 Å². The van der Waals surface area contributed by atoms with Gasteiger partial charge in [0.2, 0.25) is 5.89 Å². The minimum Gasteiger partial charge on any atom is -0.436 e. The van der Waals surface area contributed by atoms with Gasteiger partial charge in [-0.05, 0) is 43.2 Å². The van der Waals surface area contributed by atoms with Crippen LogP contribution in [0.1, 0.15) is 11.1 Å². The number of aromatic nitrogens is 2. The van der Waals surface area contributed by atoms with Crippen molar-refractivity contribution in [3.63, 3.8) is 0 Å². The second-order valence-electron chi connectivity index (χ2n) is 4.11. The predicted octanol–water partition coefficient (Wildman–Crippen LogP) is 3.51. The molecule has 3 nitrogen and oxygen atoms in total. The Morgan fingerprint density at radius 2 is 1.76 bits per heavy atom. The van der Waals surface area contributed by atoms with Crippen LogP contribution in [-0.4, -0.2) is 9.97 Å². The third-order valence-corrected chi connectivity index (χ3v) is 3.00. The Kier molecular flexibility index (Phi) is 2.18. The van der Waals surface area contributed by atoms with Crippen LogP contribution in [0.25, 0.3) is 22.6 Å². The lowest BCUT2D eigenvalue weighted by Crippen LogP contribution is -1.79. The van der Waals surface area contributed by atoms with Gasteiger partial charge in [-0.1, -0.05) is 6.07 Å². The highest BCUT2D eigenvalue weighted by atomic mass is 16.3. The molecule has 0 amide bonds. The third-order valence-electron chi connectivity index (χ3n) is 3.00. The van der Waals surface area contributed by atoms with Gasteiger partial charge >= 0.3 is 0 Å². The second-order valence-corrected chi connectivity index (χ2v) is 4.11. The topological polar surface area (TPSA) is 38.9 Å². The molecule has 0 aliphatic rings. The van der Waals surface area contributed by atoms with Gasteiger partial charge in [0.1, 0.15) is 5.52 Å². The predicted molar refractivity (Wildman–Crippen MR) is 66.7 cm³/mol. The molecule has 2 aromatic heterocycles. The molecule has 2 heterocycles. The number of rotatable bonds is 1. The molecule has 0 N–H and O–H groups in total. The summed E-state index contributed by atoms with van der Waals surface area (Å²) in [5.41, 5.74) is 5.09. The Morgan fingerprint density at radius 1 is 1.00 bits per heavy atom. The fourth-order valence-corrected chi connectivity index (χ4v) is 1.84. The quantitative estimate of drug-likeness (QED) is 0.635. The van der Waals surface area contributed by atoms with Gasteiger partial charge in [-0.15, -0.1) is 0 Å². The van der Waals surface area contributed by atoms with E-state index in [1.54, 1.807) is 12.4 Å². The van der Waals surface area contributed by atoms with Gasteiger partial charge < -0.3 is 4.42 Å². The number of benzene rings is 1. The van der Waals surface area contributed by atoms with E-state index in [1.165, 1.54) is 5.56 Å². The first-order chi connectivity index (χ1) is 8.25. The molecule has 0 aliphatic heterocycles. The molecular weight excluding hydrogens is 212 g/mol. The lowest BCUT2D eigenvalue weighted by molar-refractivity contribution is 0.617. The molecule has 3 heteroatoms. The van der Waals surface area contributed by atoms with Crippen LogP contribution in [0.15, 0.2) is 41.1 Å². The molecule has 84 valence electrons. The van der Waals surface area contributed by atoms with Crippen molar-refractivity contribution in [1.82, 2.24) is 9.97 Å². The maximum absolute atomic E-state index is 5.83. The van der Waals surface area contributed by atoms with Crippen molar-refractivity contribution in [3.8, 4) is 11.5 Å². The van der Waals surface area contributed by atoms with E-state index in [1.807, 2.05) is 18.2 Å². The number of nitrogens with zero attached hydrogens (tertiary/aromatic N) is 2. The summed E-state index contributed by atoms with van der Waals surface area (Å²) in [5, 5.41) is 0. The van der Waals surface area contributed by atoms with Gasteiger partial charge in [-0.25, -0.2) is 4.98 Å². The number of hydrogen-bond acceptors (Lipinski definition) is 3. The number of fused-ring (bicyclic) bond motifs is 1. The molecule has 17 heavy (non-hydrogen) atoms. The lowest BCUT2D eigenvalue weighted by atomic mass is 10.1. The molecule has 0 aliphatic carbocycles. The molecule has 0 bridgehead atoms. The molecule has 0 spiro atoms. The SMILES string of the molecule is Cc1ccc2nc(-c3ccncc3)oc2c1C. The Balaban J connectivity index is 2.24. The Bertz CT molecular complexity index is 671. The molecule has 0 radical (unpaired) electrons. The molecule has 0 saturated carbocycles. The molecule has 0 fully saturated rings. The Hall–Kier alpha value is -2.16. The van der Waals surface area contributed by atoms with Crippen LogP contribution in [0, 0.1) is 13.8 Å². The highest BCUT2D eigenvalue weighted by Crippen LogP contribution is 2.27. The Morgan fingerprint density at radius 3 is 2.53 bits per heavy atom. The number of hydrogen-bond donors (Lipinski definition) is 0. The number of pyridine rings is 1. The van der Waals surface area contributed by atoms with Crippen LogP contribution >= 0.6 is 0 Å². The first kappa shape index (κ1) is 10.0. The molecule has 0 atom stereocenters. The molecule has 3 aromatic rings. The van der Waals surface area contributed by atoms with Crippen LogP contribution in [0.5, 0.6) is 0 Å². The van der Waals surface area contributed by atoms with Crippen molar-refractivity contribution < 1.29 is 4.42 Å². The first-order valence-corrected chi connectivity index (χ1v) is 5.53. The summed E-state index contributed by atoms with van der Waals surface area (Å²) in [6.07, 6.45) is 3.48. The lowest BCUT2D eigenvalue weighted by Gasteiger charge is -1.97. The zero-order valence-corrected chi connectivity index (χ0v) is 9.77. The summed E-state index contributed by atoms with van der Waals surface area (Å²) in [5.74, 6) is 0.649. The van der Waals surface area contributed by atoms with Gasteiger partial charge in [0.25, 0.3) is 0 Å². The summed E-state index contributed by atoms with van der Waals surface area (Å²) in [7, 11) is 0. The van der Waals surface area contributed by atoms with Crippen molar-refractivity contribution in [2.75, 3.05) is 0 Å². The van der Waals surface area contributed by atoms with E-state index in [9.17, 15) is 0 Å². The maximum Gasteiger partial charge on any atom is 0.227 e. The van der Waals surface area contributed by atoms with Crippen LogP contribution in [-0.2, 0) is 0 Å². The summed E-state index contributed by atoms with van der Waals surface area (Å²) < 4.78 is 5.83. The third kappa shape index (κ3) is 1.60. The van der Waals surface area contributed by atoms with Crippen molar-refractivity contribution in [1.29, 1.82) is 0 Å². The van der Waals surface area contributed by atoms with Crippen molar-refractivity contribution >= 4 is 11.1 Å². The average molecular weight is 224 g/mol. The summed E-state index contributed by atoms with van der Waals surface area (Å²) in [4.78, 5) is 8.48. The van der Waals surface area contributed by atoms with Crippen LogP contribution in [0.2, 0.25) is 0 Å². The minimum atomic E-state index is 0.649. The Labute approximate surface area is 99.1 Å². The monoisotopic (exact) mass is 224 g/mol. The fourth-order valence-electron chi connectivity index (χ4n) is 1.84. The van der Waals surface area contributed by atoms with E-state index in [-0.39, 0.29) is 0 Å². The zero-order chi connectivity index (χ0) is 11.8. The van der Waals surface area contributed by atoms with Crippen molar-refractivity contribution in [2.45, 2.75) is 13.8 Å². The van der Waals surface area contributed by atoms with E-state index in [0.29, 0.717) is 5.89 Å². The standard InChI is InChI=1S/C14H12N2O/c1-9-3-4-12-13(10(9)2)17-14(16-12)11-5-7-15-8-6-11/h3-8H,1-2H3. The van der Waals surface area contributed by atoms with Crippen LogP contribution in [0.4, 0.5) is 0 Å². The largest absolute Gasteiger partial charge is 0.436 e. The summed E-state index contributed by atoms with van der Waals surface area (Å²) in [6, 6.07) is 7.85. The molecule has 0 unspecified atom stereocenters. The number of oxazole rings is 1. The van der Waals surface area contributed by atoms with Crippen molar-refractivity contribution in [2.24, 2.45) is 0 Å². The molecular formula is C14H12N2O. The van der Waals surface area contributed by atoms with E-state index in [0.717, 1.165) is 22.2 Å². The van der Waals surface area contributed by atoms with Crippen molar-refractivity contribution in [3.05, 3.63) is 47.8 Å². The highest BCUT2D eigenvalue weighted by molar-refractivity contribution is 5.80. The minimum absolute atomic E-state index is 0.649.